The highest BCUT2D eigenvalue weighted by atomic mass is 32.1. The van der Waals surface area contributed by atoms with Gasteiger partial charge in [0.1, 0.15) is 10.7 Å². The Morgan fingerprint density at radius 1 is 1.00 bits per heavy atom. The molecule has 1 heterocycles. The second-order valence-corrected chi connectivity index (χ2v) is 6.64. The third-order valence-electron chi connectivity index (χ3n) is 3.54. The molecule has 0 radical (unpaired) electrons. The fourth-order valence-corrected chi connectivity index (χ4v) is 3.21. The maximum absolute atomic E-state index is 12.8. The molecule has 8 heteroatoms. The lowest BCUT2D eigenvalue weighted by atomic mass is 10.2. The molecular formula is C19H15FN2O4S. The molecule has 0 aliphatic rings. The zero-order valence-corrected chi connectivity index (χ0v) is 14.8. The topological polar surface area (TPSA) is 84.5 Å². The van der Waals surface area contributed by atoms with Gasteiger partial charge in [0.25, 0.3) is 5.91 Å². The number of benzene rings is 2. The standard InChI is InChI=1S/C19H15FN2O4S/c20-13-5-7-14(8-6-13)22-17(23)10-21-18(24)11-26-19(25)16-9-12-3-1-2-4-15(12)27-16/h1-9H,10-11H2,(H,21,24)(H,22,23). The van der Waals surface area contributed by atoms with Crippen LogP contribution in [0.15, 0.2) is 54.6 Å². The number of fused-ring (bicyclic) bond motifs is 1. The van der Waals surface area contributed by atoms with Gasteiger partial charge in [-0.2, -0.15) is 0 Å². The van der Waals surface area contributed by atoms with Crippen molar-refractivity contribution in [2.45, 2.75) is 0 Å². The molecule has 0 aliphatic heterocycles. The minimum atomic E-state index is -0.598. The number of nitrogens with one attached hydrogen (secondary N) is 2. The summed E-state index contributed by atoms with van der Waals surface area (Å²) in [6.45, 7) is -0.784. The lowest BCUT2D eigenvalue weighted by Crippen LogP contribution is -2.35. The summed E-state index contributed by atoms with van der Waals surface area (Å²) in [4.78, 5) is 35.9. The largest absolute Gasteiger partial charge is 0.451 e. The lowest BCUT2D eigenvalue weighted by molar-refractivity contribution is -0.126. The second-order valence-electron chi connectivity index (χ2n) is 5.56. The van der Waals surface area contributed by atoms with Crippen LogP contribution in [0.1, 0.15) is 9.67 Å². The predicted molar refractivity (Wildman–Crippen MR) is 100 cm³/mol. The number of hydrogen-bond acceptors (Lipinski definition) is 5. The first-order valence-electron chi connectivity index (χ1n) is 7.99. The van der Waals surface area contributed by atoms with Crippen molar-refractivity contribution in [1.29, 1.82) is 0 Å². The van der Waals surface area contributed by atoms with Crippen LogP contribution >= 0.6 is 11.3 Å². The van der Waals surface area contributed by atoms with Crippen LogP contribution in [0.2, 0.25) is 0 Å². The van der Waals surface area contributed by atoms with Gasteiger partial charge in [0, 0.05) is 10.4 Å². The molecule has 2 N–H and O–H groups in total. The predicted octanol–water partition coefficient (Wildman–Crippen LogP) is 2.95. The monoisotopic (exact) mass is 386 g/mol. The number of anilines is 1. The molecule has 2 amide bonds. The first-order valence-corrected chi connectivity index (χ1v) is 8.81. The van der Waals surface area contributed by atoms with Gasteiger partial charge in [-0.3, -0.25) is 9.59 Å². The Kier molecular flexibility index (Phi) is 5.77. The van der Waals surface area contributed by atoms with E-state index in [4.69, 9.17) is 4.74 Å². The van der Waals surface area contributed by atoms with E-state index in [2.05, 4.69) is 10.6 Å². The summed E-state index contributed by atoms with van der Waals surface area (Å²) < 4.78 is 18.7. The molecule has 0 saturated carbocycles. The van der Waals surface area contributed by atoms with Gasteiger partial charge in [0.05, 0.1) is 6.54 Å². The van der Waals surface area contributed by atoms with Crippen molar-refractivity contribution in [2.24, 2.45) is 0 Å². The summed E-state index contributed by atoms with van der Waals surface area (Å²) in [5, 5.41) is 5.78. The van der Waals surface area contributed by atoms with Crippen molar-refractivity contribution in [2.75, 3.05) is 18.5 Å². The van der Waals surface area contributed by atoms with E-state index in [0.29, 0.717) is 10.6 Å². The van der Waals surface area contributed by atoms with E-state index >= 15 is 0 Å². The Balaban J connectivity index is 1.43. The Morgan fingerprint density at radius 2 is 1.74 bits per heavy atom. The van der Waals surface area contributed by atoms with Crippen molar-refractivity contribution in [3.8, 4) is 0 Å². The number of carbonyl (C=O) groups is 3. The van der Waals surface area contributed by atoms with Gasteiger partial charge in [0.2, 0.25) is 5.91 Å². The van der Waals surface area contributed by atoms with E-state index in [1.165, 1.54) is 35.6 Å². The van der Waals surface area contributed by atoms with Crippen molar-refractivity contribution in [3.05, 3.63) is 65.3 Å². The van der Waals surface area contributed by atoms with Crippen LogP contribution in [0.25, 0.3) is 10.1 Å². The van der Waals surface area contributed by atoms with Gasteiger partial charge in [0.15, 0.2) is 6.61 Å². The molecule has 0 bridgehead atoms. The number of hydrogen-bond donors (Lipinski definition) is 2. The number of halogens is 1. The van der Waals surface area contributed by atoms with E-state index < -0.39 is 30.2 Å². The molecule has 2 aromatic carbocycles. The highest BCUT2D eigenvalue weighted by Crippen LogP contribution is 2.25. The summed E-state index contributed by atoms with van der Waals surface area (Å²) in [6, 6.07) is 14.5. The molecule has 27 heavy (non-hydrogen) atoms. The van der Waals surface area contributed by atoms with Crippen LogP contribution in [-0.4, -0.2) is 30.9 Å². The number of amides is 2. The van der Waals surface area contributed by atoms with Crippen molar-refractivity contribution < 1.29 is 23.5 Å². The molecule has 1 aromatic heterocycles. The average molecular weight is 386 g/mol. The van der Waals surface area contributed by atoms with Gasteiger partial charge >= 0.3 is 5.97 Å². The SMILES string of the molecule is O=C(COC(=O)c1cc2ccccc2s1)NCC(=O)Nc1ccc(F)cc1. The minimum absolute atomic E-state index is 0.295. The molecule has 0 saturated heterocycles. The van der Waals surface area contributed by atoms with Crippen LogP contribution in [0.5, 0.6) is 0 Å². The third kappa shape index (κ3) is 5.11. The fraction of sp³-hybridized carbons (Fsp3) is 0.105. The molecule has 3 rings (SSSR count). The fourth-order valence-electron chi connectivity index (χ4n) is 2.25. The Bertz CT molecular complexity index is 952. The maximum Gasteiger partial charge on any atom is 0.348 e. The highest BCUT2D eigenvalue weighted by molar-refractivity contribution is 7.20. The van der Waals surface area contributed by atoms with E-state index in [9.17, 15) is 18.8 Å². The van der Waals surface area contributed by atoms with Crippen LogP contribution in [0, 0.1) is 5.82 Å². The molecule has 0 aliphatic carbocycles. The summed E-state index contributed by atoms with van der Waals surface area (Å²) >= 11 is 1.28. The second kappa shape index (κ2) is 8.41. The zero-order valence-electron chi connectivity index (χ0n) is 14.0. The molecule has 3 aromatic rings. The number of esters is 1. The third-order valence-corrected chi connectivity index (χ3v) is 4.63. The summed E-state index contributed by atoms with van der Waals surface area (Å²) in [5.74, 6) is -2.09. The van der Waals surface area contributed by atoms with Gasteiger partial charge in [-0.05, 0) is 41.8 Å². The molecule has 0 spiro atoms. The maximum atomic E-state index is 12.8. The average Bonchev–Trinajstić information content (AvgIpc) is 3.10. The van der Waals surface area contributed by atoms with Gasteiger partial charge in [-0.15, -0.1) is 11.3 Å². The molecule has 138 valence electrons. The molecule has 6 nitrogen and oxygen atoms in total. The smallest absolute Gasteiger partial charge is 0.348 e. The quantitative estimate of drug-likeness (QED) is 0.638. The minimum Gasteiger partial charge on any atom is -0.451 e. The summed E-state index contributed by atoms with van der Waals surface area (Å²) in [5.41, 5.74) is 0.409. The number of thiophene rings is 1. The number of ether oxygens (including phenoxy) is 1. The van der Waals surface area contributed by atoms with Gasteiger partial charge < -0.3 is 15.4 Å². The van der Waals surface area contributed by atoms with Gasteiger partial charge in [-0.25, -0.2) is 9.18 Å². The number of rotatable bonds is 6. The van der Waals surface area contributed by atoms with Gasteiger partial charge in [-0.1, -0.05) is 18.2 Å². The number of carbonyl (C=O) groups excluding carboxylic acids is 3. The van der Waals surface area contributed by atoms with Crippen LogP contribution < -0.4 is 10.6 Å². The lowest BCUT2D eigenvalue weighted by Gasteiger charge is -2.07. The molecule has 0 unspecified atom stereocenters. The van der Waals surface area contributed by atoms with E-state index in [0.717, 1.165) is 10.1 Å². The molecule has 0 fully saturated rings. The Labute approximate surface area is 157 Å². The van der Waals surface area contributed by atoms with E-state index in [1.807, 2.05) is 24.3 Å². The first-order chi connectivity index (χ1) is 13.0. The highest BCUT2D eigenvalue weighted by Gasteiger charge is 2.14. The van der Waals surface area contributed by atoms with Crippen molar-refractivity contribution in [3.63, 3.8) is 0 Å². The zero-order chi connectivity index (χ0) is 19.2. The molecule has 0 atom stereocenters. The molecular weight excluding hydrogens is 371 g/mol. The normalized spacial score (nSPS) is 10.4. The van der Waals surface area contributed by atoms with Crippen LogP contribution in [-0.2, 0) is 14.3 Å². The summed E-state index contributed by atoms with van der Waals surface area (Å²) in [6.07, 6.45) is 0. The van der Waals surface area contributed by atoms with Crippen LogP contribution in [0.3, 0.4) is 0 Å². The van der Waals surface area contributed by atoms with Crippen LogP contribution in [0.4, 0.5) is 10.1 Å². The van der Waals surface area contributed by atoms with E-state index in [-0.39, 0.29) is 6.54 Å². The Hall–Kier alpha value is -3.26. The first kappa shape index (κ1) is 18.5. The van der Waals surface area contributed by atoms with Crippen molar-refractivity contribution in [1.82, 2.24) is 5.32 Å². The van der Waals surface area contributed by atoms with Crippen molar-refractivity contribution >= 4 is 44.9 Å². The summed E-state index contributed by atoms with van der Waals surface area (Å²) in [7, 11) is 0. The Morgan fingerprint density at radius 3 is 2.48 bits per heavy atom. The van der Waals surface area contributed by atoms with E-state index in [1.54, 1.807) is 6.07 Å².